The molecule has 0 bridgehead atoms. The van der Waals surface area contributed by atoms with Gasteiger partial charge in [-0.2, -0.15) is 0 Å². The van der Waals surface area contributed by atoms with E-state index in [0.29, 0.717) is 29.1 Å². The predicted molar refractivity (Wildman–Crippen MR) is 153 cm³/mol. The van der Waals surface area contributed by atoms with Crippen LogP contribution in [-0.4, -0.2) is 79.5 Å². The summed E-state index contributed by atoms with van der Waals surface area (Å²) in [5.74, 6) is -1.35. The van der Waals surface area contributed by atoms with Crippen molar-refractivity contribution in [3.63, 3.8) is 0 Å². The molecule has 9 heteroatoms. The molecule has 9 nitrogen and oxygen atoms in total. The number of likely N-dealkylation sites (N-methyl/N-ethyl adjacent to an activating group) is 2. The average molecular weight is 526 g/mol. The van der Waals surface area contributed by atoms with Crippen LogP contribution in [-0.2, 0) is 9.59 Å². The molecule has 2 amide bonds. The van der Waals surface area contributed by atoms with E-state index in [4.69, 9.17) is 0 Å². The highest BCUT2D eigenvalue weighted by Gasteiger charge is 2.29. The van der Waals surface area contributed by atoms with Crippen molar-refractivity contribution in [3.05, 3.63) is 89.5 Å². The number of benzene rings is 3. The van der Waals surface area contributed by atoms with Crippen LogP contribution >= 0.6 is 0 Å². The van der Waals surface area contributed by atoms with Gasteiger partial charge in [0, 0.05) is 55.9 Å². The van der Waals surface area contributed by atoms with Gasteiger partial charge in [-0.05, 0) is 55.1 Å². The third-order valence-electron chi connectivity index (χ3n) is 7.18. The lowest BCUT2D eigenvalue weighted by Crippen LogP contribution is -2.48. The zero-order valence-electron chi connectivity index (χ0n) is 22.0. The fourth-order valence-corrected chi connectivity index (χ4v) is 4.79. The van der Waals surface area contributed by atoms with E-state index in [-0.39, 0.29) is 17.4 Å². The fourth-order valence-electron chi connectivity index (χ4n) is 4.79. The van der Waals surface area contributed by atoms with Crippen LogP contribution in [0.3, 0.4) is 0 Å². The quantitative estimate of drug-likeness (QED) is 0.406. The number of fused-ring (bicyclic) bond motifs is 1. The van der Waals surface area contributed by atoms with Gasteiger partial charge in [-0.3, -0.25) is 14.5 Å². The third kappa shape index (κ3) is 5.69. The largest absolute Gasteiger partial charge is 0.478 e. The highest BCUT2D eigenvalue weighted by molar-refractivity contribution is 6.37. The van der Waals surface area contributed by atoms with Crippen molar-refractivity contribution >= 4 is 46.1 Å². The highest BCUT2D eigenvalue weighted by Crippen LogP contribution is 2.38. The number of piperazine rings is 1. The lowest BCUT2D eigenvalue weighted by molar-refractivity contribution is -0.119. The molecule has 0 radical (unpaired) electrons. The first-order valence-corrected chi connectivity index (χ1v) is 12.8. The predicted octanol–water partition coefficient (Wildman–Crippen LogP) is 3.53. The molecule has 3 aromatic carbocycles. The minimum absolute atomic E-state index is 0.0285. The number of carboxylic acids is 1. The first kappa shape index (κ1) is 26.1. The first-order chi connectivity index (χ1) is 18.8. The van der Waals surface area contributed by atoms with Crippen LogP contribution in [0.2, 0.25) is 0 Å². The summed E-state index contributed by atoms with van der Waals surface area (Å²) in [6.45, 7) is 4.04. The monoisotopic (exact) mass is 525 g/mol. The Morgan fingerprint density at radius 3 is 2.31 bits per heavy atom. The number of hydrogen-bond donors (Lipinski definition) is 3. The van der Waals surface area contributed by atoms with Gasteiger partial charge in [-0.25, -0.2) is 4.79 Å². The molecule has 3 aromatic rings. The van der Waals surface area contributed by atoms with Crippen molar-refractivity contribution < 1.29 is 19.5 Å². The summed E-state index contributed by atoms with van der Waals surface area (Å²) in [6.07, 6.45) is 0. The first-order valence-electron chi connectivity index (χ1n) is 12.8. The molecule has 200 valence electrons. The van der Waals surface area contributed by atoms with E-state index in [0.717, 1.165) is 43.1 Å². The van der Waals surface area contributed by atoms with Gasteiger partial charge in [0.2, 0.25) is 5.91 Å². The maximum Gasteiger partial charge on any atom is 0.335 e. The molecule has 0 atom stereocenters. The number of anilines is 3. The highest BCUT2D eigenvalue weighted by atomic mass is 16.4. The van der Waals surface area contributed by atoms with Crippen LogP contribution in [0.25, 0.3) is 11.3 Å². The molecule has 1 saturated heterocycles. The summed E-state index contributed by atoms with van der Waals surface area (Å²) in [4.78, 5) is 43.7. The Hall–Kier alpha value is -4.47. The van der Waals surface area contributed by atoms with Gasteiger partial charge >= 0.3 is 5.97 Å². The Bertz CT molecular complexity index is 1430. The summed E-state index contributed by atoms with van der Waals surface area (Å²) in [5.41, 5.74) is 4.38. The Balaban J connectivity index is 1.41. The molecular weight excluding hydrogens is 494 g/mol. The van der Waals surface area contributed by atoms with E-state index in [1.54, 1.807) is 18.0 Å². The van der Waals surface area contributed by atoms with Gasteiger partial charge in [0.25, 0.3) is 5.91 Å². The molecule has 0 unspecified atom stereocenters. The van der Waals surface area contributed by atoms with Gasteiger partial charge in [0.15, 0.2) is 0 Å². The van der Waals surface area contributed by atoms with Gasteiger partial charge < -0.3 is 25.5 Å². The third-order valence-corrected chi connectivity index (χ3v) is 7.18. The summed E-state index contributed by atoms with van der Waals surface area (Å²) >= 11 is 0. The molecule has 0 saturated carbocycles. The van der Waals surface area contributed by atoms with Crippen LogP contribution in [0.4, 0.5) is 17.1 Å². The van der Waals surface area contributed by atoms with Crippen LogP contribution < -0.4 is 15.5 Å². The standard InChI is InChI=1S/C30H31N5O4/c1-33-14-16-35(17-15-33)19-26(36)34(2)23-11-9-22(10-12-23)31-28(20-6-4-3-5-7-20)27-24-18-21(30(38)39)8-13-25(24)32-29(27)37/h3-13,18,31H,14-17,19H2,1-2H3,(H,32,37)(H,38,39). The number of nitrogens with zero attached hydrogens (tertiary/aromatic N) is 3. The van der Waals surface area contributed by atoms with Crippen molar-refractivity contribution in [2.24, 2.45) is 0 Å². The number of nitrogens with one attached hydrogen (secondary N) is 2. The van der Waals surface area contributed by atoms with E-state index in [2.05, 4.69) is 27.5 Å². The zero-order valence-corrected chi connectivity index (χ0v) is 22.0. The minimum Gasteiger partial charge on any atom is -0.478 e. The molecule has 3 N–H and O–H groups in total. The topological polar surface area (TPSA) is 105 Å². The molecule has 2 heterocycles. The maximum atomic E-state index is 13.1. The SMILES string of the molecule is CN1CCN(CC(=O)N(C)c2ccc(NC(=C3C(=O)Nc4ccc(C(=O)O)cc43)c3ccccc3)cc2)CC1. The van der Waals surface area contributed by atoms with Gasteiger partial charge in [0.05, 0.1) is 23.4 Å². The van der Waals surface area contributed by atoms with Crippen molar-refractivity contribution in [2.45, 2.75) is 0 Å². The van der Waals surface area contributed by atoms with Crippen molar-refractivity contribution in [1.82, 2.24) is 9.80 Å². The van der Waals surface area contributed by atoms with E-state index >= 15 is 0 Å². The zero-order chi connectivity index (χ0) is 27.5. The average Bonchev–Trinajstić information content (AvgIpc) is 3.28. The van der Waals surface area contributed by atoms with Crippen LogP contribution in [0.1, 0.15) is 21.5 Å². The fraction of sp³-hybridized carbons (Fsp3) is 0.233. The number of hydrogen-bond acceptors (Lipinski definition) is 6. The number of aromatic carboxylic acids is 1. The molecule has 5 rings (SSSR count). The van der Waals surface area contributed by atoms with Crippen LogP contribution in [0.15, 0.2) is 72.8 Å². The lowest BCUT2D eigenvalue weighted by Gasteiger charge is -2.32. The Morgan fingerprint density at radius 2 is 1.64 bits per heavy atom. The number of rotatable bonds is 7. The Kier molecular flexibility index (Phi) is 7.44. The van der Waals surface area contributed by atoms with E-state index in [1.807, 2.05) is 54.6 Å². The number of carbonyl (C=O) groups is 3. The van der Waals surface area contributed by atoms with Crippen LogP contribution in [0.5, 0.6) is 0 Å². The van der Waals surface area contributed by atoms with E-state index in [1.165, 1.54) is 12.1 Å². The molecule has 2 aliphatic rings. The number of amides is 2. The van der Waals surface area contributed by atoms with Crippen LogP contribution in [0, 0.1) is 0 Å². The maximum absolute atomic E-state index is 13.1. The summed E-state index contributed by atoms with van der Waals surface area (Å²) in [6, 6.07) is 21.5. The Labute approximate surface area is 227 Å². The molecule has 1 fully saturated rings. The summed E-state index contributed by atoms with van der Waals surface area (Å²) in [7, 11) is 3.86. The molecule has 0 spiro atoms. The minimum atomic E-state index is -1.06. The second-order valence-electron chi connectivity index (χ2n) is 9.84. The second kappa shape index (κ2) is 11.1. The Morgan fingerprint density at radius 1 is 0.949 bits per heavy atom. The second-order valence-corrected chi connectivity index (χ2v) is 9.84. The summed E-state index contributed by atoms with van der Waals surface area (Å²) in [5, 5.41) is 15.7. The van der Waals surface area contributed by atoms with Gasteiger partial charge in [0.1, 0.15) is 0 Å². The molecule has 0 aliphatic carbocycles. The van der Waals surface area contributed by atoms with Crippen molar-refractivity contribution in [1.29, 1.82) is 0 Å². The normalized spacial score (nSPS) is 16.8. The molecular formula is C30H31N5O4. The van der Waals surface area contributed by atoms with E-state index < -0.39 is 5.97 Å². The number of carboxylic acid groups (broad SMARTS) is 1. The number of carbonyl (C=O) groups excluding carboxylic acids is 2. The molecule has 39 heavy (non-hydrogen) atoms. The van der Waals surface area contributed by atoms with E-state index in [9.17, 15) is 19.5 Å². The van der Waals surface area contributed by atoms with Crippen molar-refractivity contribution in [2.75, 3.05) is 62.4 Å². The molecule has 2 aliphatic heterocycles. The van der Waals surface area contributed by atoms with Gasteiger partial charge in [-0.15, -0.1) is 0 Å². The lowest BCUT2D eigenvalue weighted by atomic mass is 9.98. The smallest absolute Gasteiger partial charge is 0.335 e. The summed E-state index contributed by atoms with van der Waals surface area (Å²) < 4.78 is 0. The van der Waals surface area contributed by atoms with Gasteiger partial charge in [-0.1, -0.05) is 30.3 Å². The molecule has 0 aromatic heterocycles. The van der Waals surface area contributed by atoms with Crippen molar-refractivity contribution in [3.8, 4) is 0 Å².